The number of aryl methyl sites for hydroxylation is 1. The molecule has 0 unspecified atom stereocenters. The average molecular weight is 219 g/mol. The molecule has 0 atom stereocenters. The molecule has 0 spiro atoms. The fourth-order valence-corrected chi connectivity index (χ4v) is 1.58. The number of hydrogen-bond donors (Lipinski definition) is 1. The number of rotatable bonds is 2. The number of benzene rings is 1. The second kappa shape index (κ2) is 3.77. The second-order valence-electron chi connectivity index (χ2n) is 3.43. The van der Waals surface area contributed by atoms with E-state index in [1.807, 2.05) is 0 Å². The number of nitrogens with two attached hydrogens (primary N) is 1. The van der Waals surface area contributed by atoms with E-state index in [2.05, 4.69) is 5.10 Å². The maximum atomic E-state index is 13.4. The van der Waals surface area contributed by atoms with E-state index in [9.17, 15) is 9.18 Å². The predicted octanol–water partition coefficient (Wildman–Crippen LogP) is 1.62. The lowest BCUT2D eigenvalue weighted by Crippen LogP contribution is -1.97. The Bertz CT molecular complexity index is 529. The molecule has 2 aromatic rings. The number of hydrogen-bond acceptors (Lipinski definition) is 3. The van der Waals surface area contributed by atoms with Crippen molar-refractivity contribution in [1.82, 2.24) is 9.78 Å². The Morgan fingerprint density at radius 1 is 1.50 bits per heavy atom. The van der Waals surface area contributed by atoms with Gasteiger partial charge in [0.2, 0.25) is 0 Å². The maximum Gasteiger partial charge on any atom is 0.152 e. The van der Waals surface area contributed by atoms with Crippen molar-refractivity contribution in [3.63, 3.8) is 0 Å². The molecule has 2 N–H and O–H groups in total. The lowest BCUT2D eigenvalue weighted by Gasteiger charge is -2.04. The summed E-state index contributed by atoms with van der Waals surface area (Å²) in [4.78, 5) is 10.5. The summed E-state index contributed by atoms with van der Waals surface area (Å²) in [6.45, 7) is 0. The highest BCUT2D eigenvalue weighted by Gasteiger charge is 2.10. The van der Waals surface area contributed by atoms with Crippen LogP contribution in [0.25, 0.3) is 11.3 Å². The molecular formula is C11H10FN3O. The lowest BCUT2D eigenvalue weighted by molar-refractivity contribution is 0.112. The number of aldehydes is 1. The van der Waals surface area contributed by atoms with Crippen LogP contribution in [0, 0.1) is 5.82 Å². The predicted molar refractivity (Wildman–Crippen MR) is 58.4 cm³/mol. The standard InChI is InChI=1S/C11H10FN3O/c1-15-11(10(13)5-14-15)7-2-3-8(6-16)9(12)4-7/h2-6H,13H2,1H3. The molecule has 1 heterocycles. The summed E-state index contributed by atoms with van der Waals surface area (Å²) in [5.41, 5.74) is 7.46. The van der Waals surface area contributed by atoms with Crippen molar-refractivity contribution < 1.29 is 9.18 Å². The van der Waals surface area contributed by atoms with Crippen molar-refractivity contribution in [2.75, 3.05) is 5.73 Å². The molecule has 2 rings (SSSR count). The molecule has 1 aromatic carbocycles. The number of aromatic nitrogens is 2. The highest BCUT2D eigenvalue weighted by atomic mass is 19.1. The van der Waals surface area contributed by atoms with Crippen LogP contribution in [-0.4, -0.2) is 16.1 Å². The molecule has 0 fully saturated rings. The Morgan fingerprint density at radius 2 is 2.25 bits per heavy atom. The first-order chi connectivity index (χ1) is 7.63. The molecule has 5 heteroatoms. The molecule has 82 valence electrons. The number of nitrogens with zero attached hydrogens (tertiary/aromatic N) is 2. The van der Waals surface area contributed by atoms with Crippen molar-refractivity contribution in [3.8, 4) is 11.3 Å². The normalized spacial score (nSPS) is 10.4. The van der Waals surface area contributed by atoms with Crippen LogP contribution in [0.4, 0.5) is 10.1 Å². The third kappa shape index (κ3) is 1.56. The zero-order valence-electron chi connectivity index (χ0n) is 8.64. The lowest BCUT2D eigenvalue weighted by atomic mass is 10.1. The molecule has 0 amide bonds. The SMILES string of the molecule is Cn1ncc(N)c1-c1ccc(C=O)c(F)c1. The van der Waals surface area contributed by atoms with Gasteiger partial charge in [0.15, 0.2) is 6.29 Å². The Morgan fingerprint density at radius 3 is 2.75 bits per heavy atom. The van der Waals surface area contributed by atoms with Crippen LogP contribution in [0.2, 0.25) is 0 Å². The highest BCUT2D eigenvalue weighted by Crippen LogP contribution is 2.26. The Hall–Kier alpha value is -2.17. The van der Waals surface area contributed by atoms with Crippen LogP contribution in [0.15, 0.2) is 24.4 Å². The van der Waals surface area contributed by atoms with E-state index in [0.717, 1.165) is 0 Å². The van der Waals surface area contributed by atoms with Crippen LogP contribution >= 0.6 is 0 Å². The fraction of sp³-hybridized carbons (Fsp3) is 0.0909. The first-order valence-electron chi connectivity index (χ1n) is 4.66. The fourth-order valence-electron chi connectivity index (χ4n) is 1.58. The van der Waals surface area contributed by atoms with Gasteiger partial charge in [0.05, 0.1) is 23.1 Å². The largest absolute Gasteiger partial charge is 0.396 e. The van der Waals surface area contributed by atoms with Crippen LogP contribution in [-0.2, 0) is 7.05 Å². The van der Waals surface area contributed by atoms with E-state index < -0.39 is 5.82 Å². The third-order valence-electron chi connectivity index (χ3n) is 2.37. The average Bonchev–Trinajstić information content (AvgIpc) is 2.58. The van der Waals surface area contributed by atoms with Crippen LogP contribution in [0.3, 0.4) is 0 Å². The zero-order chi connectivity index (χ0) is 11.7. The molecule has 0 aliphatic carbocycles. The minimum absolute atomic E-state index is 0.0319. The molecule has 1 aromatic heterocycles. The van der Waals surface area contributed by atoms with Crippen LogP contribution in [0.1, 0.15) is 10.4 Å². The highest BCUT2D eigenvalue weighted by molar-refractivity contribution is 5.79. The summed E-state index contributed by atoms with van der Waals surface area (Å²) in [6, 6.07) is 4.33. The number of carbonyl (C=O) groups excluding carboxylic acids is 1. The van der Waals surface area contributed by atoms with Gasteiger partial charge in [-0.25, -0.2) is 4.39 Å². The molecule has 0 saturated heterocycles. The molecule has 0 aliphatic heterocycles. The van der Waals surface area contributed by atoms with E-state index in [4.69, 9.17) is 5.73 Å². The van der Waals surface area contributed by atoms with Gasteiger partial charge in [0.1, 0.15) is 5.82 Å². The van der Waals surface area contributed by atoms with Crippen molar-refractivity contribution >= 4 is 12.0 Å². The summed E-state index contributed by atoms with van der Waals surface area (Å²) >= 11 is 0. The summed E-state index contributed by atoms with van der Waals surface area (Å²) in [6.07, 6.45) is 1.98. The summed E-state index contributed by atoms with van der Waals surface area (Å²) in [5.74, 6) is -0.562. The first kappa shape index (κ1) is 10.4. The smallest absolute Gasteiger partial charge is 0.152 e. The van der Waals surface area contributed by atoms with E-state index in [0.29, 0.717) is 23.2 Å². The van der Waals surface area contributed by atoms with Crippen LogP contribution in [0.5, 0.6) is 0 Å². The number of nitrogen functional groups attached to an aromatic ring is 1. The van der Waals surface area contributed by atoms with Gasteiger partial charge < -0.3 is 5.73 Å². The van der Waals surface area contributed by atoms with Gasteiger partial charge in [0, 0.05) is 12.6 Å². The summed E-state index contributed by atoms with van der Waals surface area (Å²) < 4.78 is 15.0. The van der Waals surface area contributed by atoms with Gasteiger partial charge in [-0.2, -0.15) is 5.10 Å². The van der Waals surface area contributed by atoms with Gasteiger partial charge in [-0.1, -0.05) is 6.07 Å². The van der Waals surface area contributed by atoms with Crippen molar-refractivity contribution in [2.24, 2.45) is 7.05 Å². The van der Waals surface area contributed by atoms with Crippen LogP contribution < -0.4 is 5.73 Å². The van der Waals surface area contributed by atoms with Crippen molar-refractivity contribution in [1.29, 1.82) is 0 Å². The monoisotopic (exact) mass is 219 g/mol. The maximum absolute atomic E-state index is 13.4. The second-order valence-corrected chi connectivity index (χ2v) is 3.43. The third-order valence-corrected chi connectivity index (χ3v) is 2.37. The molecular weight excluding hydrogens is 209 g/mol. The Labute approximate surface area is 91.5 Å². The molecule has 0 radical (unpaired) electrons. The van der Waals surface area contributed by atoms with Gasteiger partial charge in [-0.05, 0) is 12.1 Å². The molecule has 16 heavy (non-hydrogen) atoms. The van der Waals surface area contributed by atoms with Gasteiger partial charge in [-0.3, -0.25) is 9.48 Å². The Kier molecular flexibility index (Phi) is 2.44. The molecule has 0 aliphatic rings. The summed E-state index contributed by atoms with van der Waals surface area (Å²) in [5, 5.41) is 3.96. The van der Waals surface area contributed by atoms with Crippen molar-refractivity contribution in [3.05, 3.63) is 35.8 Å². The van der Waals surface area contributed by atoms with Gasteiger partial charge in [-0.15, -0.1) is 0 Å². The molecule has 0 bridgehead atoms. The van der Waals surface area contributed by atoms with E-state index in [1.165, 1.54) is 18.3 Å². The quantitative estimate of drug-likeness (QED) is 0.781. The van der Waals surface area contributed by atoms with E-state index in [1.54, 1.807) is 17.8 Å². The van der Waals surface area contributed by atoms with E-state index >= 15 is 0 Å². The number of halogens is 1. The summed E-state index contributed by atoms with van der Waals surface area (Å²) in [7, 11) is 1.72. The zero-order valence-corrected chi connectivity index (χ0v) is 8.64. The Balaban J connectivity index is 2.57. The molecule has 4 nitrogen and oxygen atoms in total. The minimum atomic E-state index is -0.562. The molecule has 0 saturated carbocycles. The number of carbonyl (C=O) groups is 1. The minimum Gasteiger partial charge on any atom is -0.396 e. The van der Waals surface area contributed by atoms with Crippen molar-refractivity contribution in [2.45, 2.75) is 0 Å². The topological polar surface area (TPSA) is 60.9 Å². The van der Waals surface area contributed by atoms with Gasteiger partial charge in [0.25, 0.3) is 0 Å². The van der Waals surface area contributed by atoms with Gasteiger partial charge >= 0.3 is 0 Å². The number of anilines is 1. The first-order valence-corrected chi connectivity index (χ1v) is 4.66. The van der Waals surface area contributed by atoms with E-state index in [-0.39, 0.29) is 5.56 Å².